The molecule has 4 nitrogen and oxygen atoms in total. The van der Waals surface area contributed by atoms with Crippen LogP contribution < -0.4 is 5.32 Å². The van der Waals surface area contributed by atoms with Crippen LogP contribution in [-0.4, -0.2) is 21.3 Å². The average Bonchev–Trinajstić information content (AvgIpc) is 2.82. The molecule has 0 fully saturated rings. The van der Waals surface area contributed by atoms with Gasteiger partial charge in [0.1, 0.15) is 0 Å². The molecule has 1 unspecified atom stereocenters. The Morgan fingerprint density at radius 2 is 2.00 bits per heavy atom. The number of nitrogens with one attached hydrogen (secondary N) is 1. The first kappa shape index (κ1) is 15.5. The van der Waals surface area contributed by atoms with Crippen molar-refractivity contribution >= 4 is 22.9 Å². The van der Waals surface area contributed by atoms with E-state index >= 15 is 0 Å². The van der Waals surface area contributed by atoms with Crippen LogP contribution >= 0.6 is 22.9 Å². The summed E-state index contributed by atoms with van der Waals surface area (Å²) in [6, 6.07) is 0.235. The smallest absolute Gasteiger partial charge is 0.0900 e. The molecule has 0 saturated carbocycles. The van der Waals surface area contributed by atoms with Crippen LogP contribution in [0.15, 0.2) is 0 Å². The lowest BCUT2D eigenvalue weighted by molar-refractivity contribution is 0.533. The third-order valence-corrected chi connectivity index (χ3v) is 5.04. The lowest BCUT2D eigenvalue weighted by Gasteiger charge is -2.17. The largest absolute Gasteiger partial charge is 0.309 e. The topological polar surface area (TPSA) is 42.7 Å². The zero-order valence-electron chi connectivity index (χ0n) is 12.6. The minimum atomic E-state index is 0.235. The molecule has 0 saturated heterocycles. The monoisotopic (exact) mass is 312 g/mol. The van der Waals surface area contributed by atoms with Crippen molar-refractivity contribution in [2.24, 2.45) is 7.05 Å². The molecule has 0 aromatic carbocycles. The van der Waals surface area contributed by atoms with Gasteiger partial charge in [0, 0.05) is 24.4 Å². The van der Waals surface area contributed by atoms with Crippen molar-refractivity contribution in [3.8, 4) is 0 Å². The molecule has 2 rings (SSSR count). The van der Waals surface area contributed by atoms with Crippen molar-refractivity contribution < 1.29 is 0 Å². The van der Waals surface area contributed by atoms with Crippen LogP contribution in [0.1, 0.15) is 39.9 Å². The zero-order valence-corrected chi connectivity index (χ0v) is 14.2. The molecule has 6 heteroatoms. The summed E-state index contributed by atoms with van der Waals surface area (Å²) in [6.07, 6.45) is 0.826. The number of nitrogens with zero attached hydrogens (tertiary/aromatic N) is 3. The van der Waals surface area contributed by atoms with Gasteiger partial charge in [-0.15, -0.1) is 11.3 Å². The van der Waals surface area contributed by atoms with Gasteiger partial charge in [0.2, 0.25) is 0 Å². The van der Waals surface area contributed by atoms with E-state index in [0.717, 1.165) is 40.1 Å². The number of aromatic nitrogens is 3. The lowest BCUT2D eigenvalue weighted by Crippen LogP contribution is -2.24. The van der Waals surface area contributed by atoms with Gasteiger partial charge in [-0.1, -0.05) is 18.5 Å². The molecule has 1 N–H and O–H groups in total. The van der Waals surface area contributed by atoms with Gasteiger partial charge in [-0.05, 0) is 27.3 Å². The maximum absolute atomic E-state index is 6.37. The van der Waals surface area contributed by atoms with Crippen LogP contribution in [0, 0.1) is 20.8 Å². The van der Waals surface area contributed by atoms with Gasteiger partial charge in [0.15, 0.2) is 0 Å². The van der Waals surface area contributed by atoms with Crippen molar-refractivity contribution in [3.63, 3.8) is 0 Å². The summed E-state index contributed by atoms with van der Waals surface area (Å²) in [5.41, 5.74) is 3.06. The molecule has 0 radical (unpaired) electrons. The lowest BCUT2D eigenvalue weighted by atomic mass is 10.1. The molecule has 0 bridgehead atoms. The summed E-state index contributed by atoms with van der Waals surface area (Å²) in [6.45, 7) is 9.09. The summed E-state index contributed by atoms with van der Waals surface area (Å²) in [5.74, 6) is 0. The second-order valence-corrected chi connectivity index (χ2v) is 6.58. The molecule has 0 aliphatic heterocycles. The zero-order chi connectivity index (χ0) is 14.9. The second-order valence-electron chi connectivity index (χ2n) is 4.97. The minimum Gasteiger partial charge on any atom is -0.309 e. The van der Waals surface area contributed by atoms with Crippen molar-refractivity contribution in [1.29, 1.82) is 0 Å². The van der Waals surface area contributed by atoms with E-state index in [4.69, 9.17) is 11.6 Å². The van der Waals surface area contributed by atoms with Crippen LogP contribution in [0.5, 0.6) is 0 Å². The molecule has 20 heavy (non-hydrogen) atoms. The first-order valence-corrected chi connectivity index (χ1v) is 7.98. The molecule has 2 heterocycles. The van der Waals surface area contributed by atoms with Gasteiger partial charge in [0.05, 0.1) is 27.1 Å². The fraction of sp³-hybridized carbons (Fsp3) is 0.571. The van der Waals surface area contributed by atoms with Crippen LogP contribution in [0.25, 0.3) is 0 Å². The molecular formula is C14H21ClN4S. The summed E-state index contributed by atoms with van der Waals surface area (Å²) >= 11 is 8.12. The highest BCUT2D eigenvalue weighted by Crippen LogP contribution is 2.30. The van der Waals surface area contributed by atoms with E-state index in [1.807, 2.05) is 25.6 Å². The Kier molecular flexibility index (Phi) is 4.83. The summed E-state index contributed by atoms with van der Waals surface area (Å²) < 4.78 is 1.88. The van der Waals surface area contributed by atoms with E-state index in [1.54, 1.807) is 11.3 Å². The molecule has 0 amide bonds. The highest BCUT2D eigenvalue weighted by atomic mass is 35.5. The number of hydrogen-bond acceptors (Lipinski definition) is 4. The Morgan fingerprint density at radius 1 is 1.30 bits per heavy atom. The second kappa shape index (κ2) is 6.24. The van der Waals surface area contributed by atoms with Crippen molar-refractivity contribution in [3.05, 3.63) is 32.0 Å². The highest BCUT2D eigenvalue weighted by Gasteiger charge is 2.21. The van der Waals surface area contributed by atoms with Crippen LogP contribution in [0.4, 0.5) is 0 Å². The molecule has 0 aliphatic carbocycles. The van der Waals surface area contributed by atoms with Gasteiger partial charge in [-0.3, -0.25) is 4.68 Å². The first-order valence-electron chi connectivity index (χ1n) is 6.79. The van der Waals surface area contributed by atoms with E-state index in [-0.39, 0.29) is 6.04 Å². The summed E-state index contributed by atoms with van der Waals surface area (Å²) in [7, 11) is 1.95. The predicted octanol–water partition coefficient (Wildman–Crippen LogP) is 3.35. The fourth-order valence-electron chi connectivity index (χ4n) is 2.47. The third-order valence-electron chi connectivity index (χ3n) is 3.37. The normalized spacial score (nSPS) is 12.9. The number of likely N-dealkylation sites (N-methyl/N-ethyl adjacent to an activating group) is 1. The summed E-state index contributed by atoms with van der Waals surface area (Å²) in [5, 5.41) is 9.80. The standard InChI is InChI=1S/C14H21ClN4S/c1-6-16-11(14-9(3)17-10(4)20-14)7-12-13(15)8(2)18-19(12)5/h11,16H,6-7H2,1-5H3. The van der Waals surface area contributed by atoms with Crippen LogP contribution in [0.3, 0.4) is 0 Å². The van der Waals surface area contributed by atoms with E-state index in [1.165, 1.54) is 4.88 Å². The van der Waals surface area contributed by atoms with Crippen LogP contribution in [0.2, 0.25) is 5.02 Å². The average molecular weight is 313 g/mol. The molecule has 2 aromatic rings. The molecule has 0 aliphatic rings. The Balaban J connectivity index is 2.32. The quantitative estimate of drug-likeness (QED) is 0.920. The van der Waals surface area contributed by atoms with Gasteiger partial charge in [-0.25, -0.2) is 4.98 Å². The SMILES string of the molecule is CCNC(Cc1c(Cl)c(C)nn1C)c1sc(C)nc1C. The molecule has 2 aromatic heterocycles. The maximum atomic E-state index is 6.37. The van der Waals surface area contributed by atoms with E-state index in [2.05, 4.69) is 29.2 Å². The highest BCUT2D eigenvalue weighted by molar-refractivity contribution is 7.11. The molecule has 1 atom stereocenters. The fourth-order valence-corrected chi connectivity index (χ4v) is 3.71. The molecule has 0 spiro atoms. The van der Waals surface area contributed by atoms with Crippen molar-refractivity contribution in [2.75, 3.05) is 6.54 Å². The van der Waals surface area contributed by atoms with Crippen LogP contribution in [-0.2, 0) is 13.5 Å². The van der Waals surface area contributed by atoms with Crippen molar-refractivity contribution in [1.82, 2.24) is 20.1 Å². The number of aryl methyl sites for hydroxylation is 4. The predicted molar refractivity (Wildman–Crippen MR) is 84.7 cm³/mol. The Morgan fingerprint density at radius 3 is 2.45 bits per heavy atom. The Labute approximate surface area is 129 Å². The third kappa shape index (κ3) is 3.05. The summed E-state index contributed by atoms with van der Waals surface area (Å²) in [4.78, 5) is 5.82. The number of halogens is 1. The molecule has 110 valence electrons. The van der Waals surface area contributed by atoms with Crippen molar-refractivity contribution in [2.45, 2.75) is 40.2 Å². The Hall–Kier alpha value is -0.910. The van der Waals surface area contributed by atoms with E-state index < -0.39 is 0 Å². The first-order chi connectivity index (χ1) is 9.43. The molecular weight excluding hydrogens is 292 g/mol. The minimum absolute atomic E-state index is 0.235. The number of hydrogen-bond donors (Lipinski definition) is 1. The van der Waals surface area contributed by atoms with E-state index in [9.17, 15) is 0 Å². The van der Waals surface area contributed by atoms with Gasteiger partial charge >= 0.3 is 0 Å². The maximum Gasteiger partial charge on any atom is 0.0900 e. The van der Waals surface area contributed by atoms with Gasteiger partial charge in [-0.2, -0.15) is 5.10 Å². The van der Waals surface area contributed by atoms with Gasteiger partial charge < -0.3 is 5.32 Å². The number of rotatable bonds is 5. The Bertz CT molecular complexity index is 603. The van der Waals surface area contributed by atoms with Gasteiger partial charge in [0.25, 0.3) is 0 Å². The van der Waals surface area contributed by atoms with E-state index in [0.29, 0.717) is 0 Å². The number of thiazole rings is 1.